The van der Waals surface area contributed by atoms with Crippen molar-refractivity contribution in [1.82, 2.24) is 0 Å². The predicted molar refractivity (Wildman–Crippen MR) is 41.8 cm³/mol. The Bertz CT molecular complexity index is 511. The summed E-state index contributed by atoms with van der Waals surface area (Å²) in [4.78, 5) is 0. The van der Waals surface area contributed by atoms with Gasteiger partial charge in [0.05, 0.1) is 0 Å². The van der Waals surface area contributed by atoms with Gasteiger partial charge in [0.1, 0.15) is 0 Å². The molecule has 0 saturated carbocycles. The molecule has 28 heavy (non-hydrogen) atoms. The Balaban J connectivity index is 0. The molecule has 0 aliphatic rings. The number of halogens is 17. The molecule has 0 saturated heterocycles. The molecule has 0 radical (unpaired) electrons. The van der Waals surface area contributed by atoms with Gasteiger partial charge in [0.25, 0.3) is 0 Å². The van der Waals surface area contributed by atoms with Gasteiger partial charge in [-0.2, -0.15) is 74.6 Å². The third kappa shape index (κ3) is 4.26. The summed E-state index contributed by atoms with van der Waals surface area (Å²) in [6.07, 6.45) is -39.6. The molecule has 0 unspecified atom stereocenters. The Labute approximate surface area is 152 Å². The van der Waals surface area contributed by atoms with Crippen LogP contribution in [0.25, 0.3) is 0 Å². The Morgan fingerprint density at radius 2 is 0.714 bits per heavy atom. The first-order chi connectivity index (χ1) is 11.2. The minimum absolute atomic E-state index is 0. The molecular weight excluding hydrogens is 458 g/mol. The molecule has 0 rings (SSSR count). The molecule has 0 aromatic heterocycles. The fourth-order valence-electron chi connectivity index (χ4n) is 1.24. The third-order valence-electron chi connectivity index (χ3n) is 2.60. The molecule has 164 valence electrons. The van der Waals surface area contributed by atoms with E-state index in [9.17, 15) is 79.7 Å². The summed E-state index contributed by atoms with van der Waals surface area (Å²) >= 11 is 0. The van der Waals surface area contributed by atoms with Crippen molar-refractivity contribution in [2.45, 2.75) is 48.2 Å². The largest absolute Gasteiger partial charge is 1.00 e. The van der Waals surface area contributed by atoms with Gasteiger partial charge in [0, 0.05) is 0 Å². The van der Waals surface area contributed by atoms with Gasteiger partial charge < -0.3 is 5.11 Å². The summed E-state index contributed by atoms with van der Waals surface area (Å²) in [7, 11) is 0. The van der Waals surface area contributed by atoms with Crippen molar-refractivity contribution >= 4 is 0 Å². The van der Waals surface area contributed by atoms with Crippen LogP contribution in [0.1, 0.15) is 0 Å². The standard InChI is InChI=1S/C8F17O2.Li/c9-2(10,1(26,4(12,13)14)5(15,16)17)8(24,25)27-3(11,6(18,19)20)7(21,22)23;/q-1;+1. The van der Waals surface area contributed by atoms with Gasteiger partial charge in [-0.05, 0) is 0 Å². The first-order valence-electron chi connectivity index (χ1n) is 5.33. The minimum Gasteiger partial charge on any atom is -0.832 e. The predicted octanol–water partition coefficient (Wildman–Crippen LogP) is 1.25. The molecule has 0 aromatic rings. The van der Waals surface area contributed by atoms with Gasteiger partial charge in [-0.1, -0.05) is 0 Å². The average molecular weight is 458 g/mol. The molecule has 0 aliphatic heterocycles. The van der Waals surface area contributed by atoms with E-state index in [1.54, 1.807) is 0 Å². The monoisotopic (exact) mass is 458 g/mol. The third-order valence-corrected chi connectivity index (χ3v) is 2.60. The molecule has 2 nitrogen and oxygen atoms in total. The van der Waals surface area contributed by atoms with Gasteiger partial charge >= 0.3 is 61.5 Å². The van der Waals surface area contributed by atoms with Gasteiger partial charge in [0.2, 0.25) is 0 Å². The first-order valence-corrected chi connectivity index (χ1v) is 5.33. The summed E-state index contributed by atoms with van der Waals surface area (Å²) in [5.74, 6) is -16.3. The maximum atomic E-state index is 13.0. The van der Waals surface area contributed by atoms with Gasteiger partial charge in [0.15, 0.2) is 5.60 Å². The molecule has 0 spiro atoms. The molecular formula is C8F17LiO2. The Morgan fingerprint density at radius 3 is 0.893 bits per heavy atom. The van der Waals surface area contributed by atoms with Crippen LogP contribution in [0.3, 0.4) is 0 Å². The van der Waals surface area contributed by atoms with Crippen LogP contribution in [0.5, 0.6) is 0 Å². The molecule has 0 atom stereocenters. The van der Waals surface area contributed by atoms with E-state index in [0.717, 1.165) is 4.74 Å². The molecule has 0 fully saturated rings. The van der Waals surface area contributed by atoms with Crippen LogP contribution in [-0.2, 0) is 4.74 Å². The number of hydrogen-bond acceptors (Lipinski definition) is 2. The summed E-state index contributed by atoms with van der Waals surface area (Å²) in [5, 5.41) is 10.6. The quantitative estimate of drug-likeness (QED) is 0.470. The van der Waals surface area contributed by atoms with E-state index in [2.05, 4.69) is 0 Å². The number of hydrogen-bond donors (Lipinski definition) is 0. The van der Waals surface area contributed by atoms with Gasteiger partial charge in [-0.15, -0.1) is 0 Å². The van der Waals surface area contributed by atoms with E-state index in [0.29, 0.717) is 0 Å². The van der Waals surface area contributed by atoms with E-state index < -0.39 is 48.2 Å². The van der Waals surface area contributed by atoms with Gasteiger partial charge in [-0.3, -0.25) is 4.74 Å². The Hall–Kier alpha value is -0.673. The topological polar surface area (TPSA) is 32.3 Å². The van der Waals surface area contributed by atoms with Gasteiger partial charge in [-0.25, -0.2) is 0 Å². The zero-order chi connectivity index (χ0) is 22.7. The molecule has 0 aromatic carbocycles. The average Bonchev–Trinajstić information content (AvgIpc) is 2.30. The Kier molecular flexibility index (Phi) is 7.63. The van der Waals surface area contributed by atoms with Crippen LogP contribution in [0.4, 0.5) is 74.6 Å². The zero-order valence-electron chi connectivity index (χ0n) is 12.2. The fraction of sp³-hybridized carbons (Fsp3) is 1.00. The first kappa shape index (κ1) is 29.5. The number of ether oxygens (including phenoxy) is 1. The van der Waals surface area contributed by atoms with Crippen LogP contribution in [0, 0.1) is 0 Å². The molecule has 0 heterocycles. The molecule has 20 heteroatoms. The molecule has 0 aliphatic carbocycles. The zero-order valence-corrected chi connectivity index (χ0v) is 12.2. The van der Waals surface area contributed by atoms with Crippen molar-refractivity contribution < 1.29 is 103 Å². The number of alkyl halides is 17. The molecule has 0 bridgehead atoms. The summed E-state index contributed by atoms with van der Waals surface area (Å²) in [5.41, 5.74) is -8.19. The van der Waals surface area contributed by atoms with Crippen LogP contribution < -0.4 is 24.0 Å². The minimum atomic E-state index is -8.44. The van der Waals surface area contributed by atoms with E-state index in [1.807, 2.05) is 0 Å². The molecule has 0 N–H and O–H groups in total. The van der Waals surface area contributed by atoms with Crippen molar-refractivity contribution in [3.8, 4) is 0 Å². The van der Waals surface area contributed by atoms with E-state index in [4.69, 9.17) is 0 Å². The normalized spacial score (nSPS) is 16.1. The van der Waals surface area contributed by atoms with Crippen LogP contribution in [-0.4, -0.2) is 48.2 Å². The van der Waals surface area contributed by atoms with Crippen molar-refractivity contribution in [3.63, 3.8) is 0 Å². The summed E-state index contributed by atoms with van der Waals surface area (Å²) in [6.45, 7) is 0. The van der Waals surface area contributed by atoms with Crippen LogP contribution in [0.2, 0.25) is 0 Å². The second-order valence-electron chi connectivity index (χ2n) is 4.46. The van der Waals surface area contributed by atoms with E-state index >= 15 is 0 Å². The fourth-order valence-corrected chi connectivity index (χ4v) is 1.24. The van der Waals surface area contributed by atoms with Crippen LogP contribution in [0.15, 0.2) is 0 Å². The number of rotatable bonds is 4. The van der Waals surface area contributed by atoms with E-state index in [1.165, 1.54) is 0 Å². The molecule has 0 amide bonds. The summed E-state index contributed by atoms with van der Waals surface area (Å²) < 4.78 is 210. The van der Waals surface area contributed by atoms with Crippen molar-refractivity contribution in [1.29, 1.82) is 0 Å². The van der Waals surface area contributed by atoms with Crippen LogP contribution >= 0.6 is 0 Å². The second-order valence-corrected chi connectivity index (χ2v) is 4.46. The Morgan fingerprint density at radius 1 is 0.464 bits per heavy atom. The van der Waals surface area contributed by atoms with Crippen molar-refractivity contribution in [2.75, 3.05) is 0 Å². The van der Waals surface area contributed by atoms with Crippen molar-refractivity contribution in [2.24, 2.45) is 0 Å². The summed E-state index contributed by atoms with van der Waals surface area (Å²) in [6, 6.07) is 0. The van der Waals surface area contributed by atoms with Crippen molar-refractivity contribution in [3.05, 3.63) is 0 Å². The maximum Gasteiger partial charge on any atom is 1.00 e. The SMILES string of the molecule is [Li+].[O-]C(C(F)(F)F)(C(F)(F)F)C(F)(F)C(F)(F)OC(F)(C(F)(F)F)C(F)(F)F. The smallest absolute Gasteiger partial charge is 0.832 e. The van der Waals surface area contributed by atoms with E-state index in [-0.39, 0.29) is 18.9 Å². The maximum absolute atomic E-state index is 13.0. The second kappa shape index (κ2) is 7.23.